The number of ether oxygens (including phenoxy) is 1. The Hall–Kier alpha value is -2.31. The molecule has 0 aliphatic carbocycles. The van der Waals surface area contributed by atoms with Crippen molar-refractivity contribution in [2.24, 2.45) is 0 Å². The minimum Gasteiger partial charge on any atom is -0.462 e. The van der Waals surface area contributed by atoms with Crippen LogP contribution in [0, 0.1) is 0 Å². The SMILES string of the molecule is CCOC(=O)c1cnc2nc(C=O)nn2c1. The predicted octanol–water partition coefficient (Wildman–Crippen LogP) is 0.114. The van der Waals surface area contributed by atoms with Crippen LogP contribution in [0.15, 0.2) is 12.4 Å². The highest BCUT2D eigenvalue weighted by Gasteiger charge is 2.10. The summed E-state index contributed by atoms with van der Waals surface area (Å²) >= 11 is 0. The van der Waals surface area contributed by atoms with E-state index in [1.807, 2.05) is 0 Å². The van der Waals surface area contributed by atoms with Crippen LogP contribution < -0.4 is 0 Å². The Morgan fingerprint density at radius 2 is 2.44 bits per heavy atom. The molecule has 0 N–H and O–H groups in total. The van der Waals surface area contributed by atoms with Crippen LogP contribution in [0.3, 0.4) is 0 Å². The predicted molar refractivity (Wildman–Crippen MR) is 52.1 cm³/mol. The molecule has 0 saturated carbocycles. The molecule has 7 nitrogen and oxygen atoms in total. The largest absolute Gasteiger partial charge is 0.462 e. The standard InChI is InChI=1S/C9H8N4O3/c1-2-16-8(15)6-3-10-9-11-7(5-14)12-13(9)4-6/h3-5H,2H2,1H3. The minimum absolute atomic E-state index is 0.0218. The quantitative estimate of drug-likeness (QED) is 0.539. The van der Waals surface area contributed by atoms with E-state index in [4.69, 9.17) is 4.74 Å². The van der Waals surface area contributed by atoms with Crippen LogP contribution in [0.4, 0.5) is 0 Å². The molecule has 0 fully saturated rings. The van der Waals surface area contributed by atoms with Gasteiger partial charge in [0.25, 0.3) is 5.78 Å². The molecule has 2 heterocycles. The second-order valence-corrected chi connectivity index (χ2v) is 2.90. The third kappa shape index (κ3) is 1.74. The van der Waals surface area contributed by atoms with E-state index in [1.54, 1.807) is 6.92 Å². The van der Waals surface area contributed by atoms with Crippen LogP contribution in [-0.2, 0) is 4.74 Å². The van der Waals surface area contributed by atoms with Crippen molar-refractivity contribution in [1.82, 2.24) is 19.6 Å². The zero-order valence-electron chi connectivity index (χ0n) is 8.45. The highest BCUT2D eigenvalue weighted by atomic mass is 16.5. The fraction of sp³-hybridized carbons (Fsp3) is 0.222. The lowest BCUT2D eigenvalue weighted by atomic mass is 10.3. The van der Waals surface area contributed by atoms with Crippen molar-refractivity contribution in [3.8, 4) is 0 Å². The Labute approximate surface area is 90.1 Å². The third-order valence-electron chi connectivity index (χ3n) is 1.83. The first-order valence-electron chi connectivity index (χ1n) is 4.59. The van der Waals surface area contributed by atoms with Gasteiger partial charge >= 0.3 is 5.97 Å². The second kappa shape index (κ2) is 4.05. The lowest BCUT2D eigenvalue weighted by Crippen LogP contribution is -2.07. The van der Waals surface area contributed by atoms with Gasteiger partial charge in [-0.25, -0.2) is 14.3 Å². The molecule has 0 saturated heterocycles. The molecule has 2 rings (SSSR count). The highest BCUT2D eigenvalue weighted by Crippen LogP contribution is 2.02. The first-order chi connectivity index (χ1) is 7.74. The number of esters is 1. The van der Waals surface area contributed by atoms with E-state index < -0.39 is 5.97 Å². The Morgan fingerprint density at radius 1 is 1.62 bits per heavy atom. The minimum atomic E-state index is -0.486. The maximum absolute atomic E-state index is 11.4. The van der Waals surface area contributed by atoms with Crippen LogP contribution >= 0.6 is 0 Å². The number of hydrogen-bond donors (Lipinski definition) is 0. The number of fused-ring (bicyclic) bond motifs is 1. The van der Waals surface area contributed by atoms with Crippen LogP contribution in [0.25, 0.3) is 5.78 Å². The van der Waals surface area contributed by atoms with E-state index in [0.717, 1.165) is 0 Å². The van der Waals surface area contributed by atoms with Gasteiger partial charge in [-0.3, -0.25) is 4.79 Å². The number of rotatable bonds is 3. The van der Waals surface area contributed by atoms with E-state index in [9.17, 15) is 9.59 Å². The summed E-state index contributed by atoms with van der Waals surface area (Å²) in [4.78, 5) is 29.5. The molecule has 0 aliphatic rings. The maximum Gasteiger partial charge on any atom is 0.341 e. The molecular formula is C9H8N4O3. The van der Waals surface area contributed by atoms with E-state index in [0.29, 0.717) is 6.29 Å². The zero-order valence-corrected chi connectivity index (χ0v) is 8.45. The van der Waals surface area contributed by atoms with Gasteiger partial charge in [0.05, 0.1) is 12.2 Å². The van der Waals surface area contributed by atoms with E-state index in [2.05, 4.69) is 15.1 Å². The monoisotopic (exact) mass is 220 g/mol. The van der Waals surface area contributed by atoms with Crippen molar-refractivity contribution < 1.29 is 14.3 Å². The topological polar surface area (TPSA) is 86.5 Å². The summed E-state index contributed by atoms with van der Waals surface area (Å²) < 4.78 is 6.06. The van der Waals surface area contributed by atoms with Crippen LogP contribution in [-0.4, -0.2) is 38.4 Å². The van der Waals surface area contributed by atoms with E-state index in [-0.39, 0.29) is 23.8 Å². The number of aromatic nitrogens is 4. The Kier molecular flexibility index (Phi) is 2.59. The molecule has 7 heteroatoms. The molecule has 0 radical (unpaired) electrons. The van der Waals surface area contributed by atoms with Gasteiger partial charge in [0.2, 0.25) is 5.82 Å². The molecule has 0 atom stereocenters. The van der Waals surface area contributed by atoms with Gasteiger partial charge < -0.3 is 4.74 Å². The summed E-state index contributed by atoms with van der Waals surface area (Å²) in [7, 11) is 0. The van der Waals surface area contributed by atoms with Crippen LogP contribution in [0.2, 0.25) is 0 Å². The molecule has 16 heavy (non-hydrogen) atoms. The molecule has 2 aromatic rings. The molecule has 0 unspecified atom stereocenters. The van der Waals surface area contributed by atoms with Crippen LogP contribution in [0.5, 0.6) is 0 Å². The van der Waals surface area contributed by atoms with Gasteiger partial charge in [0, 0.05) is 12.4 Å². The van der Waals surface area contributed by atoms with Crippen molar-refractivity contribution in [1.29, 1.82) is 0 Å². The van der Waals surface area contributed by atoms with E-state index >= 15 is 0 Å². The fourth-order valence-electron chi connectivity index (χ4n) is 1.17. The summed E-state index contributed by atoms with van der Waals surface area (Å²) in [6, 6.07) is 0. The summed E-state index contributed by atoms with van der Waals surface area (Å²) in [5.74, 6) is -0.205. The lowest BCUT2D eigenvalue weighted by Gasteiger charge is -2.00. The molecule has 0 bridgehead atoms. The molecule has 2 aromatic heterocycles. The van der Waals surface area contributed by atoms with Crippen molar-refractivity contribution in [2.75, 3.05) is 6.61 Å². The van der Waals surface area contributed by atoms with Crippen molar-refractivity contribution in [2.45, 2.75) is 6.92 Å². The molecule has 82 valence electrons. The summed E-state index contributed by atoms with van der Waals surface area (Å²) in [5.41, 5.74) is 0.261. The lowest BCUT2D eigenvalue weighted by molar-refractivity contribution is 0.0525. The van der Waals surface area contributed by atoms with Crippen molar-refractivity contribution in [3.05, 3.63) is 23.8 Å². The highest BCUT2D eigenvalue weighted by molar-refractivity contribution is 5.88. The average Bonchev–Trinajstić information content (AvgIpc) is 2.70. The first-order valence-corrected chi connectivity index (χ1v) is 4.59. The molecule has 0 amide bonds. The summed E-state index contributed by atoms with van der Waals surface area (Å²) in [5, 5.41) is 3.80. The fourth-order valence-corrected chi connectivity index (χ4v) is 1.17. The number of hydrogen-bond acceptors (Lipinski definition) is 6. The Bertz CT molecular complexity index is 549. The molecule has 0 spiro atoms. The van der Waals surface area contributed by atoms with Gasteiger partial charge in [-0.15, -0.1) is 5.10 Å². The smallest absolute Gasteiger partial charge is 0.341 e. The normalized spacial score (nSPS) is 10.3. The maximum atomic E-state index is 11.4. The summed E-state index contributed by atoms with van der Waals surface area (Å²) in [6.45, 7) is 2.00. The van der Waals surface area contributed by atoms with Gasteiger partial charge in [-0.2, -0.15) is 4.98 Å². The average molecular weight is 220 g/mol. The first kappa shape index (κ1) is 10.2. The molecule has 0 aliphatic heterocycles. The van der Waals surface area contributed by atoms with Crippen LogP contribution in [0.1, 0.15) is 27.9 Å². The van der Waals surface area contributed by atoms with E-state index in [1.165, 1.54) is 16.9 Å². The number of carbonyl (C=O) groups is 2. The van der Waals surface area contributed by atoms with Gasteiger partial charge in [-0.05, 0) is 6.92 Å². The third-order valence-corrected chi connectivity index (χ3v) is 1.83. The Morgan fingerprint density at radius 3 is 3.12 bits per heavy atom. The van der Waals surface area contributed by atoms with Crippen molar-refractivity contribution in [3.63, 3.8) is 0 Å². The number of aldehydes is 1. The second-order valence-electron chi connectivity index (χ2n) is 2.90. The number of carbonyl (C=O) groups excluding carboxylic acids is 2. The summed E-state index contributed by atoms with van der Waals surface area (Å²) in [6.07, 6.45) is 3.26. The van der Waals surface area contributed by atoms with Gasteiger partial charge in [-0.1, -0.05) is 0 Å². The molecular weight excluding hydrogens is 212 g/mol. The molecule has 0 aromatic carbocycles. The number of nitrogens with zero attached hydrogens (tertiary/aromatic N) is 4. The zero-order chi connectivity index (χ0) is 11.5. The van der Waals surface area contributed by atoms with Crippen molar-refractivity contribution >= 4 is 18.0 Å². The Balaban J connectivity index is 2.42. The van der Waals surface area contributed by atoms with Gasteiger partial charge in [0.15, 0.2) is 6.29 Å². The van der Waals surface area contributed by atoms with Gasteiger partial charge in [0.1, 0.15) is 0 Å².